The lowest BCUT2D eigenvalue weighted by Crippen LogP contribution is -2.35. The third-order valence-corrected chi connectivity index (χ3v) is 3.58. The Morgan fingerprint density at radius 3 is 2.54 bits per heavy atom. The van der Waals surface area contributed by atoms with Gasteiger partial charge >= 0.3 is 6.09 Å². The minimum atomic E-state index is -0.488. The topological polar surface area (TPSA) is 80.2 Å². The number of nitrogens with zero attached hydrogens (tertiary/aromatic N) is 4. The summed E-state index contributed by atoms with van der Waals surface area (Å²) in [5.74, 6) is 0.536. The van der Waals surface area contributed by atoms with Gasteiger partial charge in [0.1, 0.15) is 10.8 Å². The summed E-state index contributed by atoms with van der Waals surface area (Å²) >= 11 is 5.89. The van der Waals surface area contributed by atoms with E-state index in [9.17, 15) is 4.79 Å². The van der Waals surface area contributed by atoms with Crippen molar-refractivity contribution in [2.45, 2.75) is 32.8 Å². The molecular formula is C18H24ClN5O2. The van der Waals surface area contributed by atoms with Crippen LogP contribution < -0.4 is 5.32 Å². The average Bonchev–Trinajstić information content (AvgIpc) is 2.57. The summed E-state index contributed by atoms with van der Waals surface area (Å²) in [6, 6.07) is 3.62. The minimum Gasteiger partial charge on any atom is -0.444 e. The smallest absolute Gasteiger partial charge is 0.410 e. The van der Waals surface area contributed by atoms with E-state index >= 15 is 0 Å². The maximum absolute atomic E-state index is 11.9. The first kappa shape index (κ1) is 19.9. The lowest BCUT2D eigenvalue weighted by Gasteiger charge is -2.24. The molecule has 1 N–H and O–H groups in total. The molecule has 2 aromatic rings. The van der Waals surface area contributed by atoms with Crippen LogP contribution >= 0.6 is 11.6 Å². The van der Waals surface area contributed by atoms with Gasteiger partial charge in [-0.15, -0.1) is 0 Å². The Morgan fingerprint density at radius 1 is 1.23 bits per heavy atom. The highest BCUT2D eigenvalue weighted by Gasteiger charge is 2.19. The number of ether oxygens (including phenoxy) is 1. The van der Waals surface area contributed by atoms with Crippen LogP contribution in [0.5, 0.6) is 0 Å². The van der Waals surface area contributed by atoms with E-state index in [4.69, 9.17) is 16.3 Å². The van der Waals surface area contributed by atoms with Gasteiger partial charge in [-0.2, -0.15) is 0 Å². The normalized spacial score (nSPS) is 11.1. The quantitative estimate of drug-likeness (QED) is 0.608. The molecule has 7 nitrogen and oxygen atoms in total. The number of hydrogen-bond donors (Lipinski definition) is 1. The number of nitrogens with one attached hydrogen (secondary N) is 1. The van der Waals surface area contributed by atoms with Gasteiger partial charge in [-0.25, -0.2) is 19.7 Å². The fraction of sp³-hybridized carbons (Fsp3) is 0.444. The van der Waals surface area contributed by atoms with Crippen LogP contribution in [0.3, 0.4) is 0 Å². The van der Waals surface area contributed by atoms with E-state index in [1.54, 1.807) is 36.6 Å². The number of hydrogen-bond acceptors (Lipinski definition) is 6. The van der Waals surface area contributed by atoms with Crippen molar-refractivity contribution < 1.29 is 9.53 Å². The van der Waals surface area contributed by atoms with Gasteiger partial charge in [0.25, 0.3) is 0 Å². The minimum absolute atomic E-state index is 0.325. The van der Waals surface area contributed by atoms with Crippen LogP contribution in [-0.4, -0.2) is 51.7 Å². The van der Waals surface area contributed by atoms with E-state index in [0.29, 0.717) is 24.2 Å². The van der Waals surface area contributed by atoms with Crippen molar-refractivity contribution in [2.75, 3.05) is 25.5 Å². The molecule has 0 aliphatic rings. The molecule has 2 aromatic heterocycles. The number of halogens is 1. The van der Waals surface area contributed by atoms with Crippen molar-refractivity contribution in [3.8, 4) is 11.1 Å². The van der Waals surface area contributed by atoms with Gasteiger partial charge in [0.05, 0.1) is 0 Å². The second-order valence-corrected chi connectivity index (χ2v) is 7.23. The molecule has 0 aliphatic heterocycles. The highest BCUT2D eigenvalue weighted by molar-refractivity contribution is 6.29. The largest absolute Gasteiger partial charge is 0.444 e. The molecule has 2 rings (SSSR count). The number of aromatic nitrogens is 3. The Bertz CT molecular complexity index is 731. The summed E-state index contributed by atoms with van der Waals surface area (Å²) in [6.07, 6.45) is 5.53. The van der Waals surface area contributed by atoms with Gasteiger partial charge in [0.2, 0.25) is 5.95 Å². The average molecular weight is 378 g/mol. The maximum atomic E-state index is 11.9. The molecule has 2 heterocycles. The van der Waals surface area contributed by atoms with Crippen LogP contribution in [0, 0.1) is 0 Å². The van der Waals surface area contributed by atoms with Gasteiger partial charge in [-0.1, -0.05) is 11.6 Å². The summed E-state index contributed by atoms with van der Waals surface area (Å²) in [5.41, 5.74) is 1.29. The van der Waals surface area contributed by atoms with Crippen LogP contribution in [0.1, 0.15) is 27.2 Å². The summed E-state index contributed by atoms with van der Waals surface area (Å²) < 4.78 is 5.31. The molecule has 8 heteroatoms. The predicted octanol–water partition coefficient (Wildman–Crippen LogP) is 3.86. The van der Waals surface area contributed by atoms with Crippen molar-refractivity contribution in [1.82, 2.24) is 19.9 Å². The van der Waals surface area contributed by atoms with Crippen molar-refractivity contribution in [3.63, 3.8) is 0 Å². The van der Waals surface area contributed by atoms with Crippen LogP contribution in [0.4, 0.5) is 10.7 Å². The van der Waals surface area contributed by atoms with E-state index in [0.717, 1.165) is 17.5 Å². The third kappa shape index (κ3) is 6.48. The molecule has 0 saturated heterocycles. The van der Waals surface area contributed by atoms with Gasteiger partial charge in [0, 0.05) is 44.3 Å². The molecule has 0 fully saturated rings. The summed E-state index contributed by atoms with van der Waals surface area (Å²) in [5, 5.41) is 3.57. The first-order chi connectivity index (χ1) is 12.2. The van der Waals surface area contributed by atoms with Crippen LogP contribution in [-0.2, 0) is 4.74 Å². The number of anilines is 1. The Balaban J connectivity index is 1.77. The summed E-state index contributed by atoms with van der Waals surface area (Å²) in [7, 11) is 1.72. The lowest BCUT2D eigenvalue weighted by atomic mass is 10.1. The predicted molar refractivity (Wildman–Crippen MR) is 102 cm³/mol. The number of rotatable bonds is 6. The van der Waals surface area contributed by atoms with Gasteiger partial charge in [-0.05, 0) is 44.9 Å². The second kappa shape index (κ2) is 8.80. The molecule has 26 heavy (non-hydrogen) atoms. The molecule has 1 amide bonds. The second-order valence-electron chi connectivity index (χ2n) is 6.84. The van der Waals surface area contributed by atoms with Gasteiger partial charge < -0.3 is 15.0 Å². The molecule has 0 bridgehead atoms. The fourth-order valence-electron chi connectivity index (χ4n) is 2.10. The Labute approximate surface area is 158 Å². The number of amides is 1. The fourth-order valence-corrected chi connectivity index (χ4v) is 2.27. The molecule has 0 unspecified atom stereocenters. The maximum Gasteiger partial charge on any atom is 0.410 e. The first-order valence-electron chi connectivity index (χ1n) is 8.36. The zero-order chi connectivity index (χ0) is 19.2. The molecule has 140 valence electrons. The van der Waals surface area contributed by atoms with Crippen LogP contribution in [0.2, 0.25) is 5.15 Å². The molecule has 0 spiro atoms. The van der Waals surface area contributed by atoms with E-state index in [1.165, 1.54) is 0 Å². The highest BCUT2D eigenvalue weighted by atomic mass is 35.5. The van der Waals surface area contributed by atoms with Gasteiger partial charge in [-0.3, -0.25) is 0 Å². The van der Waals surface area contributed by atoms with Gasteiger partial charge in [0.15, 0.2) is 0 Å². The Hall–Kier alpha value is -2.41. The van der Waals surface area contributed by atoms with Crippen LogP contribution in [0.15, 0.2) is 30.7 Å². The molecule has 0 aromatic carbocycles. The molecule has 0 atom stereocenters. The molecule has 0 radical (unpaired) electrons. The SMILES string of the molecule is CN(CCCNc1ncc(-c2ccnc(Cl)c2)cn1)C(=O)OC(C)(C)C. The standard InChI is InChI=1S/C18H24ClN5O2/c1-18(2,3)26-17(25)24(4)9-5-7-21-16-22-11-14(12-23-16)13-6-8-20-15(19)10-13/h6,8,10-12H,5,7,9H2,1-4H3,(H,21,22,23). The number of carbonyl (C=O) groups excluding carboxylic acids is 1. The molecule has 0 saturated carbocycles. The van der Waals surface area contributed by atoms with Crippen molar-refractivity contribution in [3.05, 3.63) is 35.9 Å². The monoisotopic (exact) mass is 377 g/mol. The summed E-state index contributed by atoms with van der Waals surface area (Å²) in [4.78, 5) is 26.0. The Morgan fingerprint density at radius 2 is 1.92 bits per heavy atom. The van der Waals surface area contributed by atoms with Crippen LogP contribution in [0.25, 0.3) is 11.1 Å². The third-order valence-electron chi connectivity index (χ3n) is 3.37. The lowest BCUT2D eigenvalue weighted by molar-refractivity contribution is 0.0298. The Kier molecular flexibility index (Phi) is 6.74. The van der Waals surface area contributed by atoms with Crippen molar-refractivity contribution >= 4 is 23.6 Å². The zero-order valence-electron chi connectivity index (χ0n) is 15.5. The van der Waals surface area contributed by atoms with E-state index in [2.05, 4.69) is 20.3 Å². The van der Waals surface area contributed by atoms with Crippen molar-refractivity contribution in [1.29, 1.82) is 0 Å². The first-order valence-corrected chi connectivity index (χ1v) is 8.74. The highest BCUT2D eigenvalue weighted by Crippen LogP contribution is 2.20. The molecule has 0 aliphatic carbocycles. The molecular weight excluding hydrogens is 354 g/mol. The summed E-state index contributed by atoms with van der Waals surface area (Å²) in [6.45, 7) is 6.77. The zero-order valence-corrected chi connectivity index (χ0v) is 16.2. The van der Waals surface area contributed by atoms with E-state index < -0.39 is 5.60 Å². The number of carbonyl (C=O) groups is 1. The van der Waals surface area contributed by atoms with E-state index in [1.807, 2.05) is 26.8 Å². The van der Waals surface area contributed by atoms with E-state index in [-0.39, 0.29) is 6.09 Å². The number of pyridine rings is 1. The van der Waals surface area contributed by atoms with Crippen molar-refractivity contribution in [2.24, 2.45) is 0 Å².